The highest BCUT2D eigenvalue weighted by molar-refractivity contribution is 7.15. The lowest BCUT2D eigenvalue weighted by molar-refractivity contribution is -0.492. The quantitative estimate of drug-likeness (QED) is 0.817. The van der Waals surface area contributed by atoms with Crippen molar-refractivity contribution in [3.05, 3.63) is 40.4 Å². The van der Waals surface area contributed by atoms with Crippen LogP contribution >= 0.6 is 11.3 Å². The number of benzene rings is 1. The first-order valence-electron chi connectivity index (χ1n) is 6.22. The molecule has 2 aromatic rings. The van der Waals surface area contributed by atoms with Gasteiger partial charge in [0.05, 0.1) is 23.3 Å². The molecule has 2 N–H and O–H groups in total. The molecule has 0 saturated carbocycles. The van der Waals surface area contributed by atoms with Crippen LogP contribution in [0.4, 0.5) is 13.2 Å². The Labute approximate surface area is 128 Å². The molecule has 1 heterocycles. The second-order valence-electron chi connectivity index (χ2n) is 4.41. The smallest absolute Gasteiger partial charge is 0.266 e. The second-order valence-corrected chi connectivity index (χ2v) is 5.49. The monoisotopic (exact) mass is 334 g/mol. The molecule has 9 heteroatoms. The summed E-state index contributed by atoms with van der Waals surface area (Å²) in [5.74, 6) is 0. The summed E-state index contributed by atoms with van der Waals surface area (Å²) in [5.41, 5.74) is -0.118. The maximum absolute atomic E-state index is 13.0. The Bertz CT molecular complexity index is 644. The van der Waals surface area contributed by atoms with Gasteiger partial charge >= 0.3 is 6.18 Å². The van der Waals surface area contributed by atoms with Crippen molar-refractivity contribution < 1.29 is 28.4 Å². The topological polar surface area (TPSA) is 65.8 Å². The van der Waals surface area contributed by atoms with Crippen LogP contribution in [0.1, 0.15) is 16.1 Å². The lowest BCUT2D eigenvalue weighted by atomic mass is 10.1. The van der Waals surface area contributed by atoms with Gasteiger partial charge < -0.3 is 0 Å². The number of hydrogen-bond donors (Lipinski definition) is 2. The molecule has 0 aliphatic heterocycles. The molecule has 0 amide bonds. The summed E-state index contributed by atoms with van der Waals surface area (Å²) < 4.78 is 39.1. The molecule has 0 bridgehead atoms. The van der Waals surface area contributed by atoms with Gasteiger partial charge in [-0.25, -0.2) is 4.98 Å². The zero-order valence-electron chi connectivity index (χ0n) is 11.5. The van der Waals surface area contributed by atoms with E-state index >= 15 is 0 Å². The number of aromatic nitrogens is 1. The van der Waals surface area contributed by atoms with Crippen LogP contribution in [0.25, 0.3) is 10.6 Å². The summed E-state index contributed by atoms with van der Waals surface area (Å²) in [6.45, 7) is 1.65. The highest BCUT2D eigenvalue weighted by Gasteiger charge is 2.34. The highest BCUT2D eigenvalue weighted by atomic mass is 32.1. The molecule has 0 aliphatic carbocycles. The second kappa shape index (κ2) is 6.71. The minimum atomic E-state index is -4.45. The van der Waals surface area contributed by atoms with Crippen molar-refractivity contribution in [2.24, 2.45) is 0 Å². The van der Waals surface area contributed by atoms with Gasteiger partial charge in [0.15, 0.2) is 0 Å². The third-order valence-electron chi connectivity index (χ3n) is 2.89. The van der Waals surface area contributed by atoms with Crippen LogP contribution in [0, 0.1) is 6.92 Å². The molecule has 1 aromatic heterocycles. The van der Waals surface area contributed by atoms with Gasteiger partial charge in [0.25, 0.3) is 0 Å². The van der Waals surface area contributed by atoms with Crippen LogP contribution in [-0.2, 0) is 17.4 Å². The maximum atomic E-state index is 13.0. The summed E-state index contributed by atoms with van der Waals surface area (Å²) in [7, 11) is 0. The van der Waals surface area contributed by atoms with Gasteiger partial charge in [-0.05, 0) is 13.0 Å². The molecule has 0 spiro atoms. The third-order valence-corrected chi connectivity index (χ3v) is 4.14. The van der Waals surface area contributed by atoms with E-state index in [-0.39, 0.29) is 17.2 Å². The average Bonchev–Trinajstić information content (AvgIpc) is 2.79. The number of thiazole rings is 1. The summed E-state index contributed by atoms with van der Waals surface area (Å²) in [6, 6.07) is 5.26. The standard InChI is InChI=1S/C13H13F3N2O3S/c1-8-11(6-7-21-18(19)20)22-12(17-8)9-4-2-3-5-10(9)13(14,15)16/h2-5,19-20H,6-7H2,1H3. The van der Waals surface area contributed by atoms with Gasteiger partial charge in [-0.1, -0.05) is 18.2 Å². The molecule has 2 rings (SSSR count). The molecule has 5 nitrogen and oxygen atoms in total. The Hall–Kier alpha value is -1.52. The molecular weight excluding hydrogens is 321 g/mol. The van der Waals surface area contributed by atoms with Crippen molar-refractivity contribution in [2.75, 3.05) is 6.61 Å². The fraction of sp³-hybridized carbons (Fsp3) is 0.308. The van der Waals surface area contributed by atoms with Crippen molar-refractivity contribution in [3.8, 4) is 10.6 Å². The van der Waals surface area contributed by atoms with Crippen molar-refractivity contribution in [1.82, 2.24) is 10.4 Å². The first-order chi connectivity index (χ1) is 10.3. The van der Waals surface area contributed by atoms with Crippen LogP contribution in [0.2, 0.25) is 0 Å². The normalized spacial score (nSPS) is 12.1. The molecule has 0 saturated heterocycles. The Morgan fingerprint density at radius 1 is 1.27 bits per heavy atom. The Morgan fingerprint density at radius 2 is 1.95 bits per heavy atom. The average molecular weight is 334 g/mol. The van der Waals surface area contributed by atoms with Gasteiger partial charge in [0, 0.05) is 16.9 Å². The van der Waals surface area contributed by atoms with E-state index in [4.69, 9.17) is 10.4 Å². The fourth-order valence-electron chi connectivity index (χ4n) is 1.91. The lowest BCUT2D eigenvalue weighted by Gasteiger charge is -2.10. The number of halogens is 3. The van der Waals surface area contributed by atoms with Crippen LogP contribution < -0.4 is 0 Å². The number of hydrogen-bond acceptors (Lipinski definition) is 6. The van der Waals surface area contributed by atoms with Gasteiger partial charge in [-0.2, -0.15) is 13.2 Å². The SMILES string of the molecule is Cc1nc(-c2ccccc2C(F)(F)F)sc1CCON(O)O. The third kappa shape index (κ3) is 4.02. The number of nitrogens with zero attached hydrogens (tertiary/aromatic N) is 2. The predicted molar refractivity (Wildman–Crippen MR) is 72.4 cm³/mol. The van der Waals surface area contributed by atoms with Crippen molar-refractivity contribution in [1.29, 1.82) is 0 Å². The van der Waals surface area contributed by atoms with E-state index in [0.717, 1.165) is 17.4 Å². The maximum Gasteiger partial charge on any atom is 0.417 e. The van der Waals surface area contributed by atoms with E-state index in [2.05, 4.69) is 9.82 Å². The van der Waals surface area contributed by atoms with Gasteiger partial charge in [0.1, 0.15) is 5.01 Å². The van der Waals surface area contributed by atoms with Crippen LogP contribution in [0.15, 0.2) is 24.3 Å². The van der Waals surface area contributed by atoms with Crippen LogP contribution in [0.5, 0.6) is 0 Å². The van der Waals surface area contributed by atoms with Gasteiger partial charge in [0.2, 0.25) is 0 Å². The predicted octanol–water partition coefficient (Wildman–Crippen LogP) is 3.69. The zero-order valence-corrected chi connectivity index (χ0v) is 12.3. The van der Waals surface area contributed by atoms with Crippen molar-refractivity contribution in [2.45, 2.75) is 19.5 Å². The largest absolute Gasteiger partial charge is 0.417 e. The minimum absolute atomic E-state index is 0.0289. The first-order valence-corrected chi connectivity index (χ1v) is 7.04. The molecule has 0 atom stereocenters. The lowest BCUT2D eigenvalue weighted by Crippen LogP contribution is -2.16. The van der Waals surface area contributed by atoms with Gasteiger partial charge in [-0.3, -0.25) is 15.3 Å². The number of rotatable bonds is 5. The molecular formula is C13H13F3N2O3S. The molecule has 120 valence electrons. The number of alkyl halides is 3. The summed E-state index contributed by atoms with van der Waals surface area (Å²) in [6.07, 6.45) is -4.15. The minimum Gasteiger partial charge on any atom is -0.266 e. The fourth-order valence-corrected chi connectivity index (χ4v) is 2.99. The summed E-state index contributed by atoms with van der Waals surface area (Å²) in [5, 5.41) is 16.7. The molecule has 0 unspecified atom stereocenters. The Kier molecular flexibility index (Phi) is 5.14. The Morgan fingerprint density at radius 3 is 2.59 bits per heavy atom. The van der Waals surface area contributed by atoms with E-state index in [1.54, 1.807) is 6.92 Å². The molecule has 0 fully saturated rings. The summed E-state index contributed by atoms with van der Waals surface area (Å²) >= 11 is 1.12. The summed E-state index contributed by atoms with van der Waals surface area (Å²) in [4.78, 5) is 9.33. The highest BCUT2D eigenvalue weighted by Crippen LogP contribution is 2.38. The van der Waals surface area contributed by atoms with E-state index in [1.807, 2.05) is 0 Å². The van der Waals surface area contributed by atoms with Crippen LogP contribution in [-0.4, -0.2) is 27.4 Å². The van der Waals surface area contributed by atoms with E-state index in [0.29, 0.717) is 17.0 Å². The van der Waals surface area contributed by atoms with E-state index in [1.165, 1.54) is 18.2 Å². The first kappa shape index (κ1) is 16.8. The number of aryl methyl sites for hydroxylation is 1. The molecule has 1 aromatic carbocycles. The van der Waals surface area contributed by atoms with E-state index in [9.17, 15) is 13.2 Å². The molecule has 0 aliphatic rings. The Balaban J connectivity index is 2.28. The zero-order chi connectivity index (χ0) is 16.3. The van der Waals surface area contributed by atoms with Crippen molar-refractivity contribution >= 4 is 11.3 Å². The van der Waals surface area contributed by atoms with Crippen molar-refractivity contribution in [3.63, 3.8) is 0 Å². The van der Waals surface area contributed by atoms with E-state index < -0.39 is 17.1 Å². The van der Waals surface area contributed by atoms with Crippen LogP contribution in [0.3, 0.4) is 0 Å². The molecule has 0 radical (unpaired) electrons. The molecule has 22 heavy (non-hydrogen) atoms. The van der Waals surface area contributed by atoms with Gasteiger partial charge in [-0.15, -0.1) is 11.3 Å².